The number of hydrogen-bond acceptors (Lipinski definition) is 5. The number of methoxy groups -OCH3 is 1. The molecule has 0 bridgehead atoms. The van der Waals surface area contributed by atoms with E-state index < -0.39 is 4.92 Å². The minimum absolute atomic E-state index is 0.0695. The van der Waals surface area contributed by atoms with Gasteiger partial charge in [-0.3, -0.25) is 14.9 Å². The van der Waals surface area contributed by atoms with Crippen molar-refractivity contribution in [2.45, 2.75) is 20.3 Å². The van der Waals surface area contributed by atoms with Crippen molar-refractivity contribution in [2.75, 3.05) is 7.11 Å². The average molecular weight is 483 g/mol. The number of hydrazone groups is 1. The lowest BCUT2D eigenvalue weighted by Crippen LogP contribution is -2.19. The largest absolute Gasteiger partial charge is 0.497 e. The van der Waals surface area contributed by atoms with Crippen LogP contribution in [0.15, 0.2) is 84.0 Å². The number of nitro benzene ring substituents is 1. The first kappa shape index (κ1) is 24.4. The van der Waals surface area contributed by atoms with Crippen LogP contribution in [0.3, 0.4) is 0 Å². The minimum atomic E-state index is -0.405. The fraction of sp³-hybridized carbons (Fsp3) is 0.143. The molecule has 0 saturated heterocycles. The van der Waals surface area contributed by atoms with Crippen molar-refractivity contribution in [3.63, 3.8) is 0 Å². The first-order valence-electron chi connectivity index (χ1n) is 11.3. The third kappa shape index (κ3) is 5.50. The van der Waals surface area contributed by atoms with E-state index in [4.69, 9.17) is 4.74 Å². The summed E-state index contributed by atoms with van der Waals surface area (Å²) in [6.45, 7) is 4.01. The molecule has 0 aliphatic carbocycles. The molecular formula is C28H26N4O4. The summed E-state index contributed by atoms with van der Waals surface area (Å²) in [6.07, 6.45) is 1.87. The molecule has 0 atom stereocenters. The van der Waals surface area contributed by atoms with Crippen LogP contribution in [0.1, 0.15) is 22.5 Å². The molecule has 0 aliphatic rings. The SMILES string of the molecule is COc1ccc(CC(=O)N/N=C\c2cc(C)n(-c3ccc(-c4ccc([N+](=O)[O-])cc4)cc3)c2C)cc1. The van der Waals surface area contributed by atoms with Crippen LogP contribution in [0.4, 0.5) is 5.69 Å². The quantitative estimate of drug-likeness (QED) is 0.207. The van der Waals surface area contributed by atoms with Gasteiger partial charge in [-0.25, -0.2) is 5.43 Å². The number of ether oxygens (including phenoxy) is 1. The molecule has 1 amide bonds. The summed E-state index contributed by atoms with van der Waals surface area (Å²) < 4.78 is 7.24. The molecule has 182 valence electrons. The maximum Gasteiger partial charge on any atom is 0.269 e. The number of amides is 1. The Labute approximate surface area is 209 Å². The molecule has 0 fully saturated rings. The number of carbonyl (C=O) groups is 1. The molecule has 4 rings (SSSR count). The number of nitrogens with one attached hydrogen (secondary N) is 1. The van der Waals surface area contributed by atoms with Crippen LogP contribution in [-0.4, -0.2) is 28.7 Å². The van der Waals surface area contributed by atoms with Crippen LogP contribution in [0.2, 0.25) is 0 Å². The topological polar surface area (TPSA) is 98.8 Å². The zero-order valence-corrected chi connectivity index (χ0v) is 20.3. The highest BCUT2D eigenvalue weighted by Crippen LogP contribution is 2.26. The van der Waals surface area contributed by atoms with E-state index in [9.17, 15) is 14.9 Å². The van der Waals surface area contributed by atoms with Crippen molar-refractivity contribution in [1.82, 2.24) is 9.99 Å². The highest BCUT2D eigenvalue weighted by atomic mass is 16.6. The van der Waals surface area contributed by atoms with Crippen LogP contribution in [0.5, 0.6) is 5.75 Å². The van der Waals surface area contributed by atoms with Gasteiger partial charge in [0.05, 0.1) is 24.7 Å². The Morgan fingerprint density at radius 1 is 1.00 bits per heavy atom. The average Bonchev–Trinajstić information content (AvgIpc) is 3.17. The Balaban J connectivity index is 1.43. The van der Waals surface area contributed by atoms with Gasteiger partial charge in [0.1, 0.15) is 5.75 Å². The Bertz CT molecular complexity index is 1400. The molecule has 1 N–H and O–H groups in total. The zero-order valence-electron chi connectivity index (χ0n) is 20.3. The zero-order chi connectivity index (χ0) is 25.7. The molecule has 0 spiro atoms. The number of nitro groups is 1. The van der Waals surface area contributed by atoms with Crippen molar-refractivity contribution in [3.8, 4) is 22.6 Å². The van der Waals surface area contributed by atoms with E-state index >= 15 is 0 Å². The van der Waals surface area contributed by atoms with E-state index in [1.165, 1.54) is 12.1 Å². The number of non-ortho nitro benzene ring substituents is 1. The fourth-order valence-electron chi connectivity index (χ4n) is 4.04. The van der Waals surface area contributed by atoms with Gasteiger partial charge in [-0.2, -0.15) is 5.10 Å². The van der Waals surface area contributed by atoms with E-state index in [1.807, 2.05) is 68.4 Å². The number of rotatable bonds is 8. The molecule has 36 heavy (non-hydrogen) atoms. The minimum Gasteiger partial charge on any atom is -0.497 e. The Kier molecular flexibility index (Phi) is 7.25. The predicted octanol–water partition coefficient (Wildman–Crippen LogP) is 5.37. The summed E-state index contributed by atoms with van der Waals surface area (Å²) in [5, 5.41) is 15.0. The van der Waals surface area contributed by atoms with Crippen LogP contribution in [0, 0.1) is 24.0 Å². The van der Waals surface area contributed by atoms with Gasteiger partial charge in [0, 0.05) is 34.8 Å². The molecule has 0 aliphatic heterocycles. The number of aryl methyl sites for hydroxylation is 1. The Hall–Kier alpha value is -4.72. The van der Waals surface area contributed by atoms with Gasteiger partial charge in [-0.1, -0.05) is 24.3 Å². The molecule has 1 aromatic heterocycles. The summed E-state index contributed by atoms with van der Waals surface area (Å²) >= 11 is 0. The number of benzene rings is 3. The second kappa shape index (κ2) is 10.7. The standard InChI is InChI=1S/C28H26N4O4/c1-19-16-24(18-29-30-28(33)17-21-4-14-27(36-3)15-5-21)20(2)31(19)25-10-6-22(7-11-25)23-8-12-26(13-9-23)32(34)35/h4-16,18H,17H2,1-3H3,(H,30,33)/b29-18-. The van der Waals surface area contributed by atoms with Gasteiger partial charge in [0.15, 0.2) is 0 Å². The monoisotopic (exact) mass is 482 g/mol. The third-order valence-corrected chi connectivity index (χ3v) is 5.92. The van der Waals surface area contributed by atoms with Crippen LogP contribution in [0.25, 0.3) is 16.8 Å². The van der Waals surface area contributed by atoms with Gasteiger partial charge in [-0.05, 0) is 73.0 Å². The van der Waals surface area contributed by atoms with Crippen molar-refractivity contribution in [3.05, 3.63) is 111 Å². The molecule has 8 nitrogen and oxygen atoms in total. The van der Waals surface area contributed by atoms with E-state index in [0.29, 0.717) is 0 Å². The molecule has 8 heteroatoms. The van der Waals surface area contributed by atoms with Gasteiger partial charge in [-0.15, -0.1) is 0 Å². The first-order valence-corrected chi connectivity index (χ1v) is 11.3. The van der Waals surface area contributed by atoms with Gasteiger partial charge < -0.3 is 9.30 Å². The lowest BCUT2D eigenvalue weighted by atomic mass is 10.0. The lowest BCUT2D eigenvalue weighted by Gasteiger charge is -2.11. The molecular weight excluding hydrogens is 456 g/mol. The summed E-state index contributed by atoms with van der Waals surface area (Å²) in [5.74, 6) is 0.542. The Morgan fingerprint density at radius 3 is 2.19 bits per heavy atom. The lowest BCUT2D eigenvalue weighted by molar-refractivity contribution is -0.384. The molecule has 0 radical (unpaired) electrons. The maximum atomic E-state index is 12.2. The van der Waals surface area contributed by atoms with E-state index in [0.717, 1.165) is 45.1 Å². The number of carbonyl (C=O) groups excluding carboxylic acids is 1. The molecule has 1 heterocycles. The normalized spacial score (nSPS) is 11.0. The molecule has 0 saturated carbocycles. The first-order chi connectivity index (χ1) is 17.4. The summed E-state index contributed by atoms with van der Waals surface area (Å²) in [4.78, 5) is 22.7. The van der Waals surface area contributed by atoms with E-state index in [1.54, 1.807) is 25.5 Å². The maximum absolute atomic E-state index is 12.2. The summed E-state index contributed by atoms with van der Waals surface area (Å²) in [7, 11) is 1.60. The van der Waals surface area contributed by atoms with E-state index in [2.05, 4.69) is 15.1 Å². The second-order valence-corrected chi connectivity index (χ2v) is 8.33. The van der Waals surface area contributed by atoms with Crippen LogP contribution in [-0.2, 0) is 11.2 Å². The highest BCUT2D eigenvalue weighted by Gasteiger charge is 2.11. The number of hydrogen-bond donors (Lipinski definition) is 1. The Morgan fingerprint density at radius 2 is 1.61 bits per heavy atom. The van der Waals surface area contributed by atoms with Gasteiger partial charge >= 0.3 is 0 Å². The smallest absolute Gasteiger partial charge is 0.269 e. The van der Waals surface area contributed by atoms with E-state index in [-0.39, 0.29) is 18.0 Å². The predicted molar refractivity (Wildman–Crippen MR) is 140 cm³/mol. The van der Waals surface area contributed by atoms with Gasteiger partial charge in [0.25, 0.3) is 5.69 Å². The third-order valence-electron chi connectivity index (χ3n) is 5.92. The van der Waals surface area contributed by atoms with Crippen molar-refractivity contribution in [2.24, 2.45) is 5.10 Å². The molecule has 3 aromatic carbocycles. The second-order valence-electron chi connectivity index (χ2n) is 8.33. The fourth-order valence-corrected chi connectivity index (χ4v) is 4.04. The van der Waals surface area contributed by atoms with Crippen molar-refractivity contribution >= 4 is 17.8 Å². The molecule has 4 aromatic rings. The number of aromatic nitrogens is 1. The summed E-state index contributed by atoms with van der Waals surface area (Å²) in [6, 6.07) is 23.8. The summed E-state index contributed by atoms with van der Waals surface area (Å²) in [5.41, 5.74) is 9.31. The van der Waals surface area contributed by atoms with Crippen molar-refractivity contribution in [1.29, 1.82) is 0 Å². The van der Waals surface area contributed by atoms with Crippen molar-refractivity contribution < 1.29 is 14.5 Å². The highest BCUT2D eigenvalue weighted by molar-refractivity contribution is 5.85. The van der Waals surface area contributed by atoms with Crippen LogP contribution < -0.4 is 10.2 Å². The molecule has 0 unspecified atom stereocenters. The van der Waals surface area contributed by atoms with Crippen LogP contribution >= 0.6 is 0 Å². The van der Waals surface area contributed by atoms with Gasteiger partial charge in [0.2, 0.25) is 5.91 Å². The number of nitrogens with zero attached hydrogens (tertiary/aromatic N) is 3.